The van der Waals surface area contributed by atoms with Gasteiger partial charge in [-0.05, 0) is 24.3 Å². The third-order valence-corrected chi connectivity index (χ3v) is 2.63. The summed E-state index contributed by atoms with van der Waals surface area (Å²) < 4.78 is 14.6. The van der Waals surface area contributed by atoms with E-state index in [0.29, 0.717) is 5.69 Å². The van der Waals surface area contributed by atoms with Gasteiger partial charge in [0.25, 0.3) is 0 Å². The molecule has 0 fully saturated rings. The van der Waals surface area contributed by atoms with Gasteiger partial charge in [-0.2, -0.15) is 5.10 Å². The van der Waals surface area contributed by atoms with E-state index < -0.39 is 5.82 Å². The molecular weight excluding hydrogens is 269 g/mol. The van der Waals surface area contributed by atoms with Crippen molar-refractivity contribution in [3.8, 4) is 0 Å². The van der Waals surface area contributed by atoms with Crippen LogP contribution in [0.4, 0.5) is 10.1 Å². The van der Waals surface area contributed by atoms with Crippen LogP contribution in [0.15, 0.2) is 36.7 Å². The molecule has 1 heterocycles. The molecule has 0 spiro atoms. The molecule has 2 rings (SSSR count). The van der Waals surface area contributed by atoms with Gasteiger partial charge in [-0.1, -0.05) is 11.6 Å². The van der Waals surface area contributed by atoms with Crippen molar-refractivity contribution in [2.24, 2.45) is 7.05 Å². The topological polar surface area (TPSA) is 46.9 Å². The summed E-state index contributed by atoms with van der Waals surface area (Å²) in [5, 5.41) is 6.52. The zero-order chi connectivity index (χ0) is 13.8. The summed E-state index contributed by atoms with van der Waals surface area (Å²) in [6, 6.07) is 3.99. The van der Waals surface area contributed by atoms with Crippen molar-refractivity contribution in [2.45, 2.75) is 0 Å². The summed E-state index contributed by atoms with van der Waals surface area (Å²) in [5.74, 6) is -0.850. The van der Waals surface area contributed by atoms with Crippen molar-refractivity contribution in [3.05, 3.63) is 53.1 Å². The van der Waals surface area contributed by atoms with Crippen molar-refractivity contribution in [3.63, 3.8) is 0 Å². The first kappa shape index (κ1) is 13.3. The zero-order valence-corrected chi connectivity index (χ0v) is 10.9. The van der Waals surface area contributed by atoms with Crippen LogP contribution in [0.2, 0.25) is 5.02 Å². The number of hydrogen-bond donors (Lipinski definition) is 1. The van der Waals surface area contributed by atoms with Gasteiger partial charge in [-0.15, -0.1) is 0 Å². The molecule has 1 aromatic heterocycles. The molecule has 1 aromatic carbocycles. The molecule has 1 N–H and O–H groups in total. The van der Waals surface area contributed by atoms with Gasteiger partial charge in [-0.25, -0.2) is 4.39 Å². The number of carbonyl (C=O) groups is 1. The standard InChI is InChI=1S/C13H11ClFN3O/c1-18-8-9(7-16-18)2-5-13(19)17-10-3-4-12(15)11(14)6-10/h2-8H,1H3,(H,17,19). The lowest BCUT2D eigenvalue weighted by molar-refractivity contribution is -0.111. The van der Waals surface area contributed by atoms with Crippen LogP contribution in [0, 0.1) is 5.82 Å². The van der Waals surface area contributed by atoms with Crippen molar-refractivity contribution in [2.75, 3.05) is 5.32 Å². The van der Waals surface area contributed by atoms with Crippen LogP contribution in [0.5, 0.6) is 0 Å². The fourth-order valence-electron chi connectivity index (χ4n) is 1.46. The number of anilines is 1. The van der Waals surface area contributed by atoms with E-state index >= 15 is 0 Å². The summed E-state index contributed by atoms with van der Waals surface area (Å²) in [5.41, 5.74) is 1.25. The van der Waals surface area contributed by atoms with Crippen LogP contribution in [0.3, 0.4) is 0 Å². The first-order chi connectivity index (χ1) is 9.04. The van der Waals surface area contributed by atoms with E-state index in [-0.39, 0.29) is 10.9 Å². The molecule has 2 aromatic rings. The highest BCUT2D eigenvalue weighted by atomic mass is 35.5. The third-order valence-electron chi connectivity index (χ3n) is 2.34. The molecule has 4 nitrogen and oxygen atoms in total. The summed E-state index contributed by atoms with van der Waals surface area (Å²) in [6.45, 7) is 0. The molecule has 19 heavy (non-hydrogen) atoms. The molecule has 0 bridgehead atoms. The van der Waals surface area contributed by atoms with E-state index in [2.05, 4.69) is 10.4 Å². The second-order valence-electron chi connectivity index (χ2n) is 3.90. The van der Waals surface area contributed by atoms with Gasteiger partial charge in [0.05, 0.1) is 11.2 Å². The minimum atomic E-state index is -0.523. The highest BCUT2D eigenvalue weighted by Crippen LogP contribution is 2.19. The predicted molar refractivity (Wildman–Crippen MR) is 72.3 cm³/mol. The van der Waals surface area contributed by atoms with Gasteiger partial charge in [-0.3, -0.25) is 9.48 Å². The Balaban J connectivity index is 2.01. The van der Waals surface area contributed by atoms with Crippen molar-refractivity contribution in [1.82, 2.24) is 9.78 Å². The van der Waals surface area contributed by atoms with Crippen LogP contribution in [0.25, 0.3) is 6.08 Å². The fourth-order valence-corrected chi connectivity index (χ4v) is 1.64. The number of carbonyl (C=O) groups excluding carboxylic acids is 1. The molecule has 0 aliphatic rings. The number of halogens is 2. The lowest BCUT2D eigenvalue weighted by atomic mass is 10.3. The Morgan fingerprint density at radius 1 is 1.53 bits per heavy atom. The number of hydrogen-bond acceptors (Lipinski definition) is 2. The van der Waals surface area contributed by atoms with Crippen LogP contribution in [-0.2, 0) is 11.8 Å². The first-order valence-electron chi connectivity index (χ1n) is 5.47. The lowest BCUT2D eigenvalue weighted by Crippen LogP contribution is -2.07. The molecule has 0 atom stereocenters. The van der Waals surface area contributed by atoms with Crippen molar-refractivity contribution < 1.29 is 9.18 Å². The molecule has 0 aliphatic heterocycles. The molecule has 6 heteroatoms. The quantitative estimate of drug-likeness (QED) is 0.878. The third kappa shape index (κ3) is 3.66. The minimum Gasteiger partial charge on any atom is -0.322 e. The number of aryl methyl sites for hydroxylation is 1. The van der Waals surface area contributed by atoms with E-state index in [9.17, 15) is 9.18 Å². The second-order valence-corrected chi connectivity index (χ2v) is 4.31. The summed E-state index contributed by atoms with van der Waals surface area (Å²) in [4.78, 5) is 11.6. The van der Waals surface area contributed by atoms with E-state index in [1.165, 1.54) is 24.3 Å². The number of aromatic nitrogens is 2. The Morgan fingerprint density at radius 2 is 2.32 bits per heavy atom. The zero-order valence-electron chi connectivity index (χ0n) is 10.1. The largest absolute Gasteiger partial charge is 0.322 e. The maximum Gasteiger partial charge on any atom is 0.248 e. The highest BCUT2D eigenvalue weighted by Gasteiger charge is 2.03. The predicted octanol–water partition coefficient (Wildman–Crippen LogP) is 2.86. The smallest absolute Gasteiger partial charge is 0.248 e. The van der Waals surface area contributed by atoms with Crippen LogP contribution in [0.1, 0.15) is 5.56 Å². The van der Waals surface area contributed by atoms with Crippen molar-refractivity contribution in [1.29, 1.82) is 0 Å². The molecule has 1 amide bonds. The Hall–Kier alpha value is -2.14. The summed E-state index contributed by atoms with van der Waals surface area (Å²) in [7, 11) is 1.79. The van der Waals surface area contributed by atoms with Gasteiger partial charge < -0.3 is 5.32 Å². The monoisotopic (exact) mass is 279 g/mol. The number of amides is 1. The fraction of sp³-hybridized carbons (Fsp3) is 0.0769. The Labute approximate surface area is 114 Å². The van der Waals surface area contributed by atoms with E-state index in [4.69, 9.17) is 11.6 Å². The number of nitrogens with one attached hydrogen (secondary N) is 1. The van der Waals surface area contributed by atoms with Gasteiger partial charge in [0, 0.05) is 30.6 Å². The van der Waals surface area contributed by atoms with E-state index in [1.807, 2.05) is 0 Å². The summed E-state index contributed by atoms with van der Waals surface area (Å²) >= 11 is 5.62. The highest BCUT2D eigenvalue weighted by molar-refractivity contribution is 6.31. The maximum absolute atomic E-state index is 12.9. The molecule has 98 valence electrons. The molecule has 0 aliphatic carbocycles. The molecular formula is C13H11ClFN3O. The van der Waals surface area contributed by atoms with Gasteiger partial charge in [0.2, 0.25) is 5.91 Å². The number of benzene rings is 1. The van der Waals surface area contributed by atoms with Gasteiger partial charge in [0.15, 0.2) is 0 Å². The van der Waals surface area contributed by atoms with E-state index in [1.54, 1.807) is 30.2 Å². The maximum atomic E-state index is 12.9. The molecule has 0 unspecified atom stereocenters. The molecule has 0 saturated heterocycles. The Bertz CT molecular complexity index is 637. The minimum absolute atomic E-state index is 0.0333. The Morgan fingerprint density at radius 3 is 2.95 bits per heavy atom. The van der Waals surface area contributed by atoms with Crippen molar-refractivity contribution >= 4 is 29.3 Å². The van der Waals surface area contributed by atoms with Crippen LogP contribution < -0.4 is 5.32 Å². The molecule has 0 radical (unpaired) electrons. The van der Waals surface area contributed by atoms with Crippen LogP contribution >= 0.6 is 11.6 Å². The first-order valence-corrected chi connectivity index (χ1v) is 5.85. The Kier molecular flexibility index (Phi) is 3.97. The SMILES string of the molecule is Cn1cc(C=CC(=O)Nc2ccc(F)c(Cl)c2)cn1. The normalized spacial score (nSPS) is 10.9. The number of rotatable bonds is 3. The van der Waals surface area contributed by atoms with Gasteiger partial charge in [0.1, 0.15) is 5.82 Å². The lowest BCUT2D eigenvalue weighted by Gasteiger charge is -2.02. The average Bonchev–Trinajstić information content (AvgIpc) is 2.77. The molecule has 0 saturated carbocycles. The second kappa shape index (κ2) is 5.67. The average molecular weight is 280 g/mol. The van der Waals surface area contributed by atoms with E-state index in [0.717, 1.165) is 5.56 Å². The van der Waals surface area contributed by atoms with Crippen LogP contribution in [-0.4, -0.2) is 15.7 Å². The summed E-state index contributed by atoms with van der Waals surface area (Å²) in [6.07, 6.45) is 6.42. The number of nitrogens with zero attached hydrogens (tertiary/aromatic N) is 2. The van der Waals surface area contributed by atoms with Gasteiger partial charge >= 0.3 is 0 Å².